The molecule has 2 aromatic rings. The highest BCUT2D eigenvalue weighted by Crippen LogP contribution is 2.25. The van der Waals surface area contributed by atoms with Gasteiger partial charge in [-0.05, 0) is 30.3 Å². The van der Waals surface area contributed by atoms with Gasteiger partial charge in [-0.15, -0.1) is 0 Å². The fourth-order valence-electron chi connectivity index (χ4n) is 2.19. The average molecular weight is 371 g/mol. The highest BCUT2D eigenvalue weighted by atomic mass is 16.5. The zero-order valence-corrected chi connectivity index (χ0v) is 15.1. The average Bonchev–Trinajstić information content (AvgIpc) is 2.64. The van der Waals surface area contributed by atoms with Crippen molar-refractivity contribution in [1.29, 1.82) is 0 Å². The molecule has 0 bridgehead atoms. The van der Waals surface area contributed by atoms with Crippen LogP contribution < -0.4 is 25.4 Å². The second kappa shape index (κ2) is 9.81. The zero-order valence-electron chi connectivity index (χ0n) is 15.1. The van der Waals surface area contributed by atoms with E-state index < -0.39 is 11.8 Å². The van der Waals surface area contributed by atoms with Crippen LogP contribution in [0.2, 0.25) is 0 Å². The molecule has 3 amide bonds. The molecule has 0 spiro atoms. The van der Waals surface area contributed by atoms with Crippen molar-refractivity contribution >= 4 is 29.1 Å². The summed E-state index contributed by atoms with van der Waals surface area (Å²) in [6, 6.07) is 13.6. The predicted octanol–water partition coefficient (Wildman–Crippen LogP) is 1.79. The number of nitrogens with one attached hydrogen (secondary N) is 3. The summed E-state index contributed by atoms with van der Waals surface area (Å²) in [5, 5.41) is 7.73. The normalized spacial score (nSPS) is 9.85. The quantitative estimate of drug-likeness (QED) is 0.656. The molecule has 8 nitrogen and oxygen atoms in total. The van der Waals surface area contributed by atoms with E-state index in [0.29, 0.717) is 22.9 Å². The fourth-order valence-corrected chi connectivity index (χ4v) is 2.19. The van der Waals surface area contributed by atoms with Crippen LogP contribution in [0, 0.1) is 0 Å². The number of ether oxygens (including phenoxy) is 2. The zero-order chi connectivity index (χ0) is 19.6. The molecule has 0 saturated heterocycles. The number of rotatable bonds is 8. The molecule has 8 heteroatoms. The summed E-state index contributed by atoms with van der Waals surface area (Å²) >= 11 is 0. The lowest BCUT2D eigenvalue weighted by molar-refractivity contribution is -0.125. The molecule has 0 aliphatic carbocycles. The van der Waals surface area contributed by atoms with Gasteiger partial charge in [-0.1, -0.05) is 18.2 Å². The van der Waals surface area contributed by atoms with Crippen LogP contribution in [-0.2, 0) is 14.4 Å². The first-order valence-electron chi connectivity index (χ1n) is 8.18. The van der Waals surface area contributed by atoms with Gasteiger partial charge in [-0.3, -0.25) is 14.4 Å². The summed E-state index contributed by atoms with van der Waals surface area (Å²) in [7, 11) is 1.51. The minimum absolute atomic E-state index is 0.208. The molecule has 2 rings (SSSR count). The van der Waals surface area contributed by atoms with Crippen molar-refractivity contribution in [3.05, 3.63) is 48.5 Å². The number of amides is 3. The van der Waals surface area contributed by atoms with E-state index in [1.165, 1.54) is 14.0 Å². The van der Waals surface area contributed by atoms with Crippen LogP contribution in [0.15, 0.2) is 48.5 Å². The Morgan fingerprint density at radius 2 is 1.56 bits per heavy atom. The molecular weight excluding hydrogens is 350 g/mol. The van der Waals surface area contributed by atoms with Crippen LogP contribution in [-0.4, -0.2) is 38.0 Å². The third kappa shape index (κ3) is 6.69. The molecule has 0 fully saturated rings. The summed E-state index contributed by atoms with van der Waals surface area (Å²) < 4.78 is 10.5. The van der Waals surface area contributed by atoms with Crippen LogP contribution in [0.5, 0.6) is 11.5 Å². The molecule has 0 saturated carbocycles. The van der Waals surface area contributed by atoms with Crippen molar-refractivity contribution in [2.75, 3.05) is 30.9 Å². The van der Waals surface area contributed by atoms with Crippen LogP contribution in [0.25, 0.3) is 0 Å². The molecule has 0 aliphatic rings. The summed E-state index contributed by atoms with van der Waals surface area (Å²) in [6.07, 6.45) is 0. The lowest BCUT2D eigenvalue weighted by atomic mass is 10.2. The Bertz CT molecular complexity index is 822. The molecule has 0 aromatic heterocycles. The van der Waals surface area contributed by atoms with E-state index in [0.717, 1.165) is 0 Å². The molecule has 27 heavy (non-hydrogen) atoms. The first-order chi connectivity index (χ1) is 13.0. The molecule has 0 heterocycles. The Morgan fingerprint density at radius 1 is 0.889 bits per heavy atom. The number of hydrogen-bond donors (Lipinski definition) is 3. The molecule has 142 valence electrons. The molecular formula is C19H21N3O5. The highest BCUT2D eigenvalue weighted by Gasteiger charge is 2.09. The monoisotopic (exact) mass is 371 g/mol. The first kappa shape index (κ1) is 19.8. The largest absolute Gasteiger partial charge is 0.493 e. The maximum Gasteiger partial charge on any atom is 0.258 e. The van der Waals surface area contributed by atoms with E-state index in [1.54, 1.807) is 48.5 Å². The lowest BCUT2D eigenvalue weighted by Gasteiger charge is -2.11. The number of hydrogen-bond acceptors (Lipinski definition) is 5. The standard InChI is InChI=1S/C19H21N3O5/c1-13(23)21-14-6-5-7-15(10-14)22-18(24)11-20-19(25)12-27-17-9-4-3-8-16(17)26-2/h3-10H,11-12H2,1-2H3,(H,20,25)(H,21,23)(H,22,24). The maximum atomic E-state index is 12.0. The summed E-state index contributed by atoms with van der Waals surface area (Å²) in [5.74, 6) is -0.0964. The van der Waals surface area contributed by atoms with Gasteiger partial charge in [0.05, 0.1) is 13.7 Å². The molecule has 0 unspecified atom stereocenters. The predicted molar refractivity (Wildman–Crippen MR) is 101 cm³/mol. The van der Waals surface area contributed by atoms with Gasteiger partial charge < -0.3 is 25.4 Å². The second-order valence-electron chi connectivity index (χ2n) is 5.53. The van der Waals surface area contributed by atoms with Gasteiger partial charge in [0.2, 0.25) is 11.8 Å². The van der Waals surface area contributed by atoms with Crippen LogP contribution in [0.4, 0.5) is 11.4 Å². The van der Waals surface area contributed by atoms with Gasteiger partial charge in [0.1, 0.15) is 0 Å². The van der Waals surface area contributed by atoms with Gasteiger partial charge in [0, 0.05) is 18.3 Å². The summed E-state index contributed by atoms with van der Waals surface area (Å²) in [4.78, 5) is 34.9. The van der Waals surface area contributed by atoms with E-state index in [2.05, 4.69) is 16.0 Å². The Morgan fingerprint density at radius 3 is 2.22 bits per heavy atom. The Balaban J connectivity index is 1.78. The van der Waals surface area contributed by atoms with Gasteiger partial charge in [-0.2, -0.15) is 0 Å². The molecule has 0 radical (unpaired) electrons. The summed E-state index contributed by atoms with van der Waals surface area (Å²) in [5.41, 5.74) is 1.07. The Kier molecular flexibility index (Phi) is 7.18. The van der Waals surface area contributed by atoms with Crippen molar-refractivity contribution < 1.29 is 23.9 Å². The van der Waals surface area contributed by atoms with Gasteiger partial charge in [-0.25, -0.2) is 0 Å². The number of methoxy groups -OCH3 is 1. The number of carbonyl (C=O) groups excluding carboxylic acids is 3. The van der Waals surface area contributed by atoms with Crippen LogP contribution >= 0.6 is 0 Å². The highest BCUT2D eigenvalue weighted by molar-refractivity contribution is 5.96. The first-order valence-corrected chi connectivity index (χ1v) is 8.18. The van der Waals surface area contributed by atoms with Crippen molar-refractivity contribution in [3.63, 3.8) is 0 Å². The molecule has 0 aliphatic heterocycles. The molecule has 2 aromatic carbocycles. The van der Waals surface area contributed by atoms with E-state index in [9.17, 15) is 14.4 Å². The number of para-hydroxylation sites is 2. The van der Waals surface area contributed by atoms with Gasteiger partial charge >= 0.3 is 0 Å². The van der Waals surface area contributed by atoms with Crippen molar-refractivity contribution in [1.82, 2.24) is 5.32 Å². The van der Waals surface area contributed by atoms with E-state index in [-0.39, 0.29) is 19.1 Å². The fraction of sp³-hybridized carbons (Fsp3) is 0.211. The topological polar surface area (TPSA) is 106 Å². The van der Waals surface area contributed by atoms with Crippen molar-refractivity contribution in [3.8, 4) is 11.5 Å². The van der Waals surface area contributed by atoms with Crippen LogP contribution in [0.1, 0.15) is 6.92 Å². The van der Waals surface area contributed by atoms with Crippen LogP contribution in [0.3, 0.4) is 0 Å². The minimum Gasteiger partial charge on any atom is -0.493 e. The van der Waals surface area contributed by atoms with Crippen molar-refractivity contribution in [2.45, 2.75) is 6.92 Å². The second-order valence-corrected chi connectivity index (χ2v) is 5.53. The smallest absolute Gasteiger partial charge is 0.258 e. The van der Waals surface area contributed by atoms with E-state index in [1.807, 2.05) is 0 Å². The van der Waals surface area contributed by atoms with E-state index >= 15 is 0 Å². The third-order valence-corrected chi connectivity index (χ3v) is 3.34. The third-order valence-electron chi connectivity index (χ3n) is 3.34. The summed E-state index contributed by atoms with van der Waals surface area (Å²) in [6.45, 7) is 0.943. The van der Waals surface area contributed by atoms with Gasteiger partial charge in [0.15, 0.2) is 18.1 Å². The van der Waals surface area contributed by atoms with Gasteiger partial charge in [0.25, 0.3) is 5.91 Å². The molecule has 0 atom stereocenters. The van der Waals surface area contributed by atoms with Crippen molar-refractivity contribution in [2.24, 2.45) is 0 Å². The Labute approximate surface area is 156 Å². The minimum atomic E-state index is -0.442. The number of anilines is 2. The Hall–Kier alpha value is -3.55. The maximum absolute atomic E-state index is 12.0. The molecule has 3 N–H and O–H groups in total. The SMILES string of the molecule is COc1ccccc1OCC(=O)NCC(=O)Nc1cccc(NC(C)=O)c1. The lowest BCUT2D eigenvalue weighted by Crippen LogP contribution is -2.35. The number of carbonyl (C=O) groups is 3. The number of benzene rings is 2. The van der Waals surface area contributed by atoms with E-state index in [4.69, 9.17) is 9.47 Å².